The van der Waals surface area contributed by atoms with Crippen molar-refractivity contribution < 1.29 is 9.59 Å². The number of rotatable bonds is 4. The van der Waals surface area contributed by atoms with E-state index >= 15 is 0 Å². The first kappa shape index (κ1) is 18.7. The van der Waals surface area contributed by atoms with E-state index in [1.807, 2.05) is 35.2 Å². The maximum Gasteiger partial charge on any atom is 0.315 e. The van der Waals surface area contributed by atoms with Crippen LogP contribution >= 0.6 is 0 Å². The number of urea groups is 1. The molecule has 1 aliphatic heterocycles. The van der Waals surface area contributed by atoms with E-state index in [9.17, 15) is 9.59 Å². The number of likely N-dealkylation sites (N-methyl/N-ethyl adjacent to an activating group) is 1. The molecule has 1 aromatic rings. The number of benzene rings is 1. The van der Waals surface area contributed by atoms with Crippen LogP contribution in [-0.2, 0) is 11.3 Å². The van der Waals surface area contributed by atoms with E-state index < -0.39 is 5.54 Å². The van der Waals surface area contributed by atoms with Crippen LogP contribution in [0, 0.1) is 0 Å². The third-order valence-electron chi connectivity index (χ3n) is 5.52. The van der Waals surface area contributed by atoms with Crippen LogP contribution in [0.1, 0.15) is 37.7 Å². The highest BCUT2D eigenvalue weighted by Gasteiger charge is 2.44. The Balaban J connectivity index is 1.61. The van der Waals surface area contributed by atoms with Crippen LogP contribution in [0.25, 0.3) is 0 Å². The summed E-state index contributed by atoms with van der Waals surface area (Å²) in [4.78, 5) is 29.9. The lowest BCUT2D eigenvalue weighted by molar-refractivity contribution is -0.137. The average Bonchev–Trinajstić information content (AvgIpc) is 3.02. The molecule has 0 bridgehead atoms. The van der Waals surface area contributed by atoms with Crippen molar-refractivity contribution in [2.45, 2.75) is 44.2 Å². The lowest BCUT2D eigenvalue weighted by Gasteiger charge is -2.34. The van der Waals surface area contributed by atoms with Crippen molar-refractivity contribution in [3.8, 4) is 0 Å². The van der Waals surface area contributed by atoms with E-state index in [-0.39, 0.29) is 11.9 Å². The van der Waals surface area contributed by atoms with Gasteiger partial charge in [-0.3, -0.25) is 4.79 Å². The molecule has 3 amide bonds. The van der Waals surface area contributed by atoms with Crippen LogP contribution in [0.4, 0.5) is 4.79 Å². The lowest BCUT2D eigenvalue weighted by atomic mass is 9.95. The van der Waals surface area contributed by atoms with E-state index in [1.165, 1.54) is 0 Å². The fourth-order valence-corrected chi connectivity index (χ4v) is 3.96. The van der Waals surface area contributed by atoms with Gasteiger partial charge in [0.05, 0.1) is 0 Å². The summed E-state index contributed by atoms with van der Waals surface area (Å²) in [5, 5.41) is 5.94. The van der Waals surface area contributed by atoms with Gasteiger partial charge in [0.15, 0.2) is 0 Å². The van der Waals surface area contributed by atoms with Gasteiger partial charge in [0, 0.05) is 26.2 Å². The maximum atomic E-state index is 13.3. The van der Waals surface area contributed by atoms with Crippen molar-refractivity contribution >= 4 is 11.9 Å². The molecular formula is C20H30N4O2. The number of carbonyl (C=O) groups excluding carboxylic acids is 2. The molecule has 2 fully saturated rings. The third kappa shape index (κ3) is 4.55. The van der Waals surface area contributed by atoms with Crippen molar-refractivity contribution in [3.05, 3.63) is 35.9 Å². The molecule has 1 heterocycles. The van der Waals surface area contributed by atoms with Gasteiger partial charge in [-0.2, -0.15) is 0 Å². The number of carbonyl (C=O) groups is 2. The zero-order valence-electron chi connectivity index (χ0n) is 15.7. The Kier molecular flexibility index (Phi) is 6.14. The first-order valence-corrected chi connectivity index (χ1v) is 9.67. The summed E-state index contributed by atoms with van der Waals surface area (Å²) in [6.45, 7) is 3.89. The van der Waals surface area contributed by atoms with Crippen LogP contribution in [0.15, 0.2) is 30.3 Å². The number of nitrogens with one attached hydrogen (secondary N) is 2. The van der Waals surface area contributed by atoms with Crippen LogP contribution in [0.3, 0.4) is 0 Å². The van der Waals surface area contributed by atoms with Crippen LogP contribution < -0.4 is 10.6 Å². The van der Waals surface area contributed by atoms with Gasteiger partial charge in [0.1, 0.15) is 5.54 Å². The van der Waals surface area contributed by atoms with E-state index in [4.69, 9.17) is 0 Å². The zero-order valence-corrected chi connectivity index (χ0v) is 15.7. The molecule has 6 heteroatoms. The highest BCUT2D eigenvalue weighted by atomic mass is 16.2. The highest BCUT2D eigenvalue weighted by Crippen LogP contribution is 2.32. The van der Waals surface area contributed by atoms with Crippen molar-refractivity contribution in [2.75, 3.05) is 33.2 Å². The topological polar surface area (TPSA) is 64.7 Å². The molecule has 0 unspecified atom stereocenters. The van der Waals surface area contributed by atoms with Crippen molar-refractivity contribution in [1.29, 1.82) is 0 Å². The molecule has 0 spiro atoms. The van der Waals surface area contributed by atoms with Crippen molar-refractivity contribution in [1.82, 2.24) is 20.4 Å². The fraction of sp³-hybridized carbons (Fsp3) is 0.600. The van der Waals surface area contributed by atoms with Gasteiger partial charge >= 0.3 is 6.03 Å². The zero-order chi connectivity index (χ0) is 18.4. The van der Waals surface area contributed by atoms with Gasteiger partial charge in [-0.1, -0.05) is 43.2 Å². The minimum atomic E-state index is -0.732. The summed E-state index contributed by atoms with van der Waals surface area (Å²) in [6.07, 6.45) is 4.42. The Morgan fingerprint density at radius 1 is 1.00 bits per heavy atom. The smallest absolute Gasteiger partial charge is 0.315 e. The molecule has 2 N–H and O–H groups in total. The maximum absolute atomic E-state index is 13.3. The Morgan fingerprint density at radius 3 is 2.46 bits per heavy atom. The largest absolute Gasteiger partial charge is 0.339 e. The summed E-state index contributed by atoms with van der Waals surface area (Å²) < 4.78 is 0. The Bertz CT molecular complexity index is 613. The van der Waals surface area contributed by atoms with E-state index in [0.29, 0.717) is 6.54 Å². The number of amides is 3. The van der Waals surface area contributed by atoms with E-state index in [0.717, 1.165) is 63.8 Å². The van der Waals surface area contributed by atoms with Gasteiger partial charge in [0.2, 0.25) is 5.91 Å². The monoisotopic (exact) mass is 358 g/mol. The fourth-order valence-electron chi connectivity index (χ4n) is 3.96. The molecule has 2 aliphatic rings. The molecule has 1 saturated carbocycles. The molecule has 0 aromatic heterocycles. The highest BCUT2D eigenvalue weighted by molar-refractivity contribution is 5.91. The Hall–Kier alpha value is -2.08. The molecule has 6 nitrogen and oxygen atoms in total. The lowest BCUT2D eigenvalue weighted by Crippen LogP contribution is -2.60. The summed E-state index contributed by atoms with van der Waals surface area (Å²) >= 11 is 0. The first-order valence-electron chi connectivity index (χ1n) is 9.67. The molecule has 1 saturated heterocycles. The predicted molar refractivity (Wildman–Crippen MR) is 102 cm³/mol. The quantitative estimate of drug-likeness (QED) is 0.865. The van der Waals surface area contributed by atoms with E-state index in [2.05, 4.69) is 22.6 Å². The predicted octanol–water partition coefficient (Wildman–Crippen LogP) is 1.96. The normalized spacial score (nSPS) is 20.4. The van der Waals surface area contributed by atoms with Crippen LogP contribution in [0.5, 0.6) is 0 Å². The average molecular weight is 358 g/mol. The molecular weight excluding hydrogens is 328 g/mol. The summed E-state index contributed by atoms with van der Waals surface area (Å²) in [5.41, 5.74) is 0.314. The van der Waals surface area contributed by atoms with Gasteiger partial charge < -0.3 is 20.4 Å². The minimum absolute atomic E-state index is 0.0974. The summed E-state index contributed by atoms with van der Waals surface area (Å²) in [5.74, 6) is 0.0974. The van der Waals surface area contributed by atoms with Gasteiger partial charge in [-0.05, 0) is 38.4 Å². The third-order valence-corrected chi connectivity index (χ3v) is 5.52. The number of hydrogen-bond acceptors (Lipinski definition) is 3. The SMILES string of the molecule is CN1CCCN(C(=O)C2(NC(=O)NCc3ccccc3)CCCC2)CC1. The molecule has 0 atom stereocenters. The van der Waals surface area contributed by atoms with Crippen molar-refractivity contribution in [2.24, 2.45) is 0 Å². The molecule has 26 heavy (non-hydrogen) atoms. The van der Waals surface area contributed by atoms with Gasteiger partial charge in [0.25, 0.3) is 0 Å². The van der Waals surface area contributed by atoms with Gasteiger partial charge in [-0.25, -0.2) is 4.79 Å². The van der Waals surface area contributed by atoms with Crippen molar-refractivity contribution in [3.63, 3.8) is 0 Å². The van der Waals surface area contributed by atoms with Crippen LogP contribution in [0.2, 0.25) is 0 Å². The number of hydrogen-bond donors (Lipinski definition) is 2. The Labute approximate surface area is 155 Å². The first-order chi connectivity index (χ1) is 12.6. The minimum Gasteiger partial charge on any atom is -0.339 e. The number of nitrogens with zero attached hydrogens (tertiary/aromatic N) is 2. The summed E-state index contributed by atoms with van der Waals surface area (Å²) in [7, 11) is 2.09. The van der Waals surface area contributed by atoms with Crippen LogP contribution in [-0.4, -0.2) is 60.5 Å². The summed E-state index contributed by atoms with van der Waals surface area (Å²) in [6, 6.07) is 9.56. The Morgan fingerprint density at radius 2 is 1.73 bits per heavy atom. The standard InChI is InChI=1S/C20H30N4O2/c1-23-12-7-13-24(15-14-23)18(25)20(10-5-6-11-20)22-19(26)21-16-17-8-3-2-4-9-17/h2-4,8-9H,5-7,10-16H2,1H3,(H2,21,22,26). The molecule has 142 valence electrons. The second kappa shape index (κ2) is 8.54. The van der Waals surface area contributed by atoms with Gasteiger partial charge in [-0.15, -0.1) is 0 Å². The van der Waals surface area contributed by atoms with E-state index in [1.54, 1.807) is 0 Å². The molecule has 0 radical (unpaired) electrons. The molecule has 1 aliphatic carbocycles. The molecule has 3 rings (SSSR count). The second-order valence-electron chi connectivity index (χ2n) is 7.53. The molecule has 1 aromatic carbocycles. The second-order valence-corrected chi connectivity index (χ2v) is 7.53.